The molecule has 0 saturated heterocycles. The lowest BCUT2D eigenvalue weighted by atomic mass is 10.1. The van der Waals surface area contributed by atoms with Gasteiger partial charge < -0.3 is 9.97 Å². The molecule has 26 heavy (non-hydrogen) atoms. The van der Waals surface area contributed by atoms with Crippen LogP contribution in [0.15, 0.2) is 29.2 Å². The molecule has 2 aromatic heterocycles. The van der Waals surface area contributed by atoms with E-state index in [1.54, 1.807) is 6.07 Å². The van der Waals surface area contributed by atoms with Crippen molar-refractivity contribution >= 4 is 22.5 Å². The molecule has 1 aliphatic heterocycles. The zero-order valence-corrected chi connectivity index (χ0v) is 14.2. The molecule has 0 spiro atoms. The Bertz CT molecular complexity index is 1040. The molecule has 0 saturated carbocycles. The molecule has 0 unspecified atom stereocenters. The minimum absolute atomic E-state index is 0.185. The average molecular weight is 383 g/mol. The predicted molar refractivity (Wildman–Crippen MR) is 91.0 cm³/mol. The van der Waals surface area contributed by atoms with Gasteiger partial charge in [-0.3, -0.25) is 9.69 Å². The van der Waals surface area contributed by atoms with Gasteiger partial charge >= 0.3 is 6.18 Å². The predicted octanol–water partition coefficient (Wildman–Crippen LogP) is 3.48. The first kappa shape index (κ1) is 17.1. The summed E-state index contributed by atoms with van der Waals surface area (Å²) < 4.78 is 38.7. The fraction of sp³-hybridized carbons (Fsp3) is 0.294. The first-order chi connectivity index (χ1) is 12.3. The molecule has 9 heteroatoms. The summed E-state index contributed by atoms with van der Waals surface area (Å²) in [5.41, 5.74) is 1.74. The number of aromatic amines is 2. The lowest BCUT2D eigenvalue weighted by Gasteiger charge is -2.27. The van der Waals surface area contributed by atoms with Crippen molar-refractivity contribution in [3.8, 4) is 0 Å². The highest BCUT2D eigenvalue weighted by Crippen LogP contribution is 2.28. The van der Waals surface area contributed by atoms with E-state index in [-0.39, 0.29) is 12.2 Å². The number of hydrogen-bond donors (Lipinski definition) is 2. The fourth-order valence-electron chi connectivity index (χ4n) is 3.29. The van der Waals surface area contributed by atoms with Crippen LogP contribution < -0.4 is 5.56 Å². The van der Waals surface area contributed by atoms with E-state index < -0.39 is 17.6 Å². The molecule has 0 amide bonds. The molecule has 0 bridgehead atoms. The maximum Gasteiger partial charge on any atom is 0.449 e. The lowest BCUT2D eigenvalue weighted by molar-refractivity contribution is -0.145. The van der Waals surface area contributed by atoms with Gasteiger partial charge in [-0.1, -0.05) is 11.6 Å². The second kappa shape index (κ2) is 6.14. The number of aromatic nitrogens is 3. The normalized spacial score (nSPS) is 15.4. The zero-order chi connectivity index (χ0) is 18.5. The van der Waals surface area contributed by atoms with E-state index in [4.69, 9.17) is 11.6 Å². The SMILES string of the molecule is O=c1[nH]c(C(F)(F)F)nc2c1CCN(Cc1c[nH]c3ccc(Cl)cc13)C2. The standard InChI is InChI=1S/C17H14ClF3N4O/c18-10-1-2-13-12(5-10)9(6-22-13)7-25-4-3-11-14(8-25)23-16(17(19,20)21)24-15(11)26/h1-2,5-6,22H,3-4,7-8H2,(H,23,24,26). The number of nitrogens with one attached hydrogen (secondary N) is 2. The first-order valence-corrected chi connectivity index (χ1v) is 8.36. The van der Waals surface area contributed by atoms with Gasteiger partial charge in [0.25, 0.3) is 5.56 Å². The number of halogens is 4. The number of rotatable bonds is 2. The molecule has 1 aromatic carbocycles. The molecular formula is C17H14ClF3N4O. The van der Waals surface area contributed by atoms with Crippen LogP contribution in [0, 0.1) is 0 Å². The molecule has 4 rings (SSSR count). The van der Waals surface area contributed by atoms with Crippen molar-refractivity contribution < 1.29 is 13.2 Å². The number of hydrogen-bond acceptors (Lipinski definition) is 3. The van der Waals surface area contributed by atoms with Crippen LogP contribution in [0.5, 0.6) is 0 Å². The van der Waals surface area contributed by atoms with Crippen molar-refractivity contribution in [2.45, 2.75) is 25.7 Å². The summed E-state index contributed by atoms with van der Waals surface area (Å²) in [7, 11) is 0. The van der Waals surface area contributed by atoms with Gasteiger partial charge in [-0.2, -0.15) is 13.2 Å². The third kappa shape index (κ3) is 3.10. The Morgan fingerprint density at radius 2 is 2.12 bits per heavy atom. The van der Waals surface area contributed by atoms with Crippen LogP contribution >= 0.6 is 11.6 Å². The van der Waals surface area contributed by atoms with E-state index in [0.29, 0.717) is 30.1 Å². The summed E-state index contributed by atoms with van der Waals surface area (Å²) >= 11 is 6.05. The highest BCUT2D eigenvalue weighted by atomic mass is 35.5. The molecule has 0 radical (unpaired) electrons. The van der Waals surface area contributed by atoms with Gasteiger partial charge in [0.05, 0.1) is 5.69 Å². The molecule has 136 valence electrons. The van der Waals surface area contributed by atoms with E-state index in [0.717, 1.165) is 16.5 Å². The largest absolute Gasteiger partial charge is 0.449 e. The maximum atomic E-state index is 12.9. The third-order valence-corrected chi connectivity index (χ3v) is 4.78. The Morgan fingerprint density at radius 3 is 2.88 bits per heavy atom. The Hall–Kier alpha value is -2.32. The molecule has 0 aliphatic carbocycles. The van der Waals surface area contributed by atoms with Crippen molar-refractivity contribution in [3.05, 3.63) is 62.4 Å². The summed E-state index contributed by atoms with van der Waals surface area (Å²) in [4.78, 5) is 22.5. The highest BCUT2D eigenvalue weighted by Gasteiger charge is 2.36. The Balaban J connectivity index is 1.63. The Labute approximate surface area is 150 Å². The van der Waals surface area contributed by atoms with Crippen LogP contribution in [-0.2, 0) is 25.7 Å². The van der Waals surface area contributed by atoms with E-state index in [2.05, 4.69) is 9.97 Å². The van der Waals surface area contributed by atoms with Crippen LogP contribution in [0.3, 0.4) is 0 Å². The van der Waals surface area contributed by atoms with Crippen LogP contribution in [-0.4, -0.2) is 26.4 Å². The van der Waals surface area contributed by atoms with Gasteiger partial charge in [0.1, 0.15) is 0 Å². The monoisotopic (exact) mass is 382 g/mol. The number of nitrogens with zero attached hydrogens (tertiary/aromatic N) is 2. The van der Waals surface area contributed by atoms with Gasteiger partial charge in [0.15, 0.2) is 0 Å². The second-order valence-electron chi connectivity index (χ2n) is 6.30. The smallest absolute Gasteiger partial charge is 0.361 e. The number of benzene rings is 1. The van der Waals surface area contributed by atoms with Crippen LogP contribution in [0.4, 0.5) is 13.2 Å². The van der Waals surface area contributed by atoms with Crippen molar-refractivity contribution in [3.63, 3.8) is 0 Å². The van der Waals surface area contributed by atoms with Crippen LogP contribution in [0.1, 0.15) is 22.6 Å². The number of alkyl halides is 3. The summed E-state index contributed by atoms with van der Waals surface area (Å²) in [6.07, 6.45) is -2.45. The van der Waals surface area contributed by atoms with Crippen LogP contribution in [0.2, 0.25) is 5.02 Å². The molecule has 0 atom stereocenters. The van der Waals surface area contributed by atoms with Gasteiger partial charge in [-0.25, -0.2) is 4.98 Å². The summed E-state index contributed by atoms with van der Waals surface area (Å²) in [6.45, 7) is 1.28. The fourth-order valence-corrected chi connectivity index (χ4v) is 3.46. The van der Waals surface area contributed by atoms with Crippen LogP contribution in [0.25, 0.3) is 10.9 Å². The summed E-state index contributed by atoms with van der Waals surface area (Å²) in [5, 5.41) is 1.59. The zero-order valence-electron chi connectivity index (χ0n) is 13.5. The van der Waals surface area contributed by atoms with E-state index in [1.807, 2.05) is 28.2 Å². The van der Waals surface area contributed by atoms with Crippen molar-refractivity contribution in [1.82, 2.24) is 19.9 Å². The average Bonchev–Trinajstić information content (AvgIpc) is 2.96. The van der Waals surface area contributed by atoms with Gasteiger partial charge in [-0.05, 0) is 30.2 Å². The molecule has 0 fully saturated rings. The molecule has 3 heterocycles. The van der Waals surface area contributed by atoms with Gasteiger partial charge in [0.2, 0.25) is 5.82 Å². The van der Waals surface area contributed by atoms with E-state index >= 15 is 0 Å². The van der Waals surface area contributed by atoms with Crippen molar-refractivity contribution in [2.75, 3.05) is 6.54 Å². The minimum atomic E-state index is -4.68. The molecule has 3 aromatic rings. The molecule has 2 N–H and O–H groups in total. The molecule has 1 aliphatic rings. The van der Waals surface area contributed by atoms with Gasteiger partial charge in [-0.15, -0.1) is 0 Å². The van der Waals surface area contributed by atoms with Crippen molar-refractivity contribution in [1.29, 1.82) is 0 Å². The quantitative estimate of drug-likeness (QED) is 0.713. The minimum Gasteiger partial charge on any atom is -0.361 e. The number of fused-ring (bicyclic) bond motifs is 2. The highest BCUT2D eigenvalue weighted by molar-refractivity contribution is 6.31. The summed E-state index contributed by atoms with van der Waals surface area (Å²) in [5.74, 6) is -1.25. The Morgan fingerprint density at radius 1 is 1.31 bits per heavy atom. The first-order valence-electron chi connectivity index (χ1n) is 7.98. The number of H-pyrrole nitrogens is 2. The maximum absolute atomic E-state index is 12.9. The third-order valence-electron chi connectivity index (χ3n) is 4.54. The molecular weight excluding hydrogens is 369 g/mol. The topological polar surface area (TPSA) is 64.8 Å². The van der Waals surface area contributed by atoms with E-state index in [1.165, 1.54) is 0 Å². The van der Waals surface area contributed by atoms with Crippen molar-refractivity contribution in [2.24, 2.45) is 0 Å². The Kier molecular flexibility index (Phi) is 4.04. The van der Waals surface area contributed by atoms with E-state index in [9.17, 15) is 18.0 Å². The summed E-state index contributed by atoms with van der Waals surface area (Å²) in [6, 6.07) is 5.52. The van der Waals surface area contributed by atoms with Gasteiger partial charge in [0, 0.05) is 47.3 Å². The lowest BCUT2D eigenvalue weighted by Crippen LogP contribution is -2.36. The molecule has 5 nitrogen and oxygen atoms in total. The second-order valence-corrected chi connectivity index (χ2v) is 6.74.